The monoisotopic (exact) mass is 400 g/mol. The molecule has 1 N–H and O–H groups in total. The Morgan fingerprint density at radius 1 is 1.17 bits per heavy atom. The van der Waals surface area contributed by atoms with Crippen LogP contribution in [0.4, 0.5) is 13.2 Å². The highest BCUT2D eigenvalue weighted by Gasteiger charge is 2.51. The molecule has 1 atom stereocenters. The van der Waals surface area contributed by atoms with Crippen LogP contribution in [0.2, 0.25) is 0 Å². The largest absolute Gasteiger partial charge is 0.409 e. The predicted molar refractivity (Wildman–Crippen MR) is 89.1 cm³/mol. The first-order valence-electron chi connectivity index (χ1n) is 7.42. The van der Waals surface area contributed by atoms with Gasteiger partial charge in [0.1, 0.15) is 6.04 Å². The van der Waals surface area contributed by atoms with E-state index in [9.17, 15) is 18.0 Å². The number of hydrogen-bond acceptors (Lipinski definition) is 2. The summed E-state index contributed by atoms with van der Waals surface area (Å²) in [6.45, 7) is 3.26. The number of nitrogens with one attached hydrogen (secondary N) is 1. The third-order valence-electron chi connectivity index (χ3n) is 4.19. The molecule has 2 aromatic carbocycles. The van der Waals surface area contributed by atoms with Crippen molar-refractivity contribution in [2.24, 2.45) is 5.41 Å². The molecule has 24 heavy (non-hydrogen) atoms. The maximum absolute atomic E-state index is 13.7. The molecule has 1 unspecified atom stereocenters. The number of alkyl halides is 3. The molecule has 0 saturated carbocycles. The van der Waals surface area contributed by atoms with E-state index in [1.54, 1.807) is 26.0 Å². The minimum absolute atomic E-state index is 0.00741. The smallest absolute Gasteiger partial charge is 0.287 e. The lowest BCUT2D eigenvalue weighted by Crippen LogP contribution is -2.43. The molecule has 1 fully saturated rings. The molecule has 1 amide bonds. The van der Waals surface area contributed by atoms with E-state index in [0.717, 1.165) is 14.9 Å². The number of hydrogen-bond donors (Lipinski definition) is 1. The van der Waals surface area contributed by atoms with Crippen molar-refractivity contribution in [3.05, 3.63) is 46.4 Å². The highest BCUT2D eigenvalue weighted by atomic mass is 79.9. The van der Waals surface area contributed by atoms with Crippen molar-refractivity contribution in [1.82, 2.24) is 10.4 Å². The van der Waals surface area contributed by atoms with Crippen molar-refractivity contribution in [2.45, 2.75) is 26.1 Å². The normalized spacial score (nSPS) is 19.5. The van der Waals surface area contributed by atoms with Crippen molar-refractivity contribution in [2.75, 3.05) is 6.54 Å². The zero-order chi connectivity index (χ0) is 17.7. The third kappa shape index (κ3) is 3.15. The SMILES string of the molecule is CC1(C)CN(C(c2ccc3ccc(Br)cc3c2)C(F)(F)F)NC1=O. The predicted octanol–water partition coefficient (Wildman–Crippen LogP) is 4.58. The van der Waals surface area contributed by atoms with Crippen LogP contribution in [-0.2, 0) is 4.79 Å². The van der Waals surface area contributed by atoms with Crippen molar-refractivity contribution in [3.8, 4) is 0 Å². The second kappa shape index (κ2) is 5.74. The molecule has 0 spiro atoms. The van der Waals surface area contributed by atoms with Crippen LogP contribution in [0, 0.1) is 5.41 Å². The van der Waals surface area contributed by atoms with Gasteiger partial charge >= 0.3 is 6.18 Å². The Bertz CT molecular complexity index is 804. The van der Waals surface area contributed by atoms with Crippen molar-refractivity contribution in [3.63, 3.8) is 0 Å². The number of carbonyl (C=O) groups excluding carboxylic acids is 1. The Labute approximate surface area is 145 Å². The number of carbonyl (C=O) groups is 1. The molecule has 3 rings (SSSR count). The molecule has 1 saturated heterocycles. The number of benzene rings is 2. The summed E-state index contributed by atoms with van der Waals surface area (Å²) in [5, 5.41) is 2.55. The molecule has 0 aliphatic carbocycles. The Morgan fingerprint density at radius 2 is 1.83 bits per heavy atom. The van der Waals surface area contributed by atoms with Gasteiger partial charge < -0.3 is 0 Å². The van der Waals surface area contributed by atoms with Gasteiger partial charge in [0.25, 0.3) is 0 Å². The summed E-state index contributed by atoms with van der Waals surface area (Å²) in [6.07, 6.45) is -4.51. The first kappa shape index (κ1) is 17.2. The van der Waals surface area contributed by atoms with E-state index in [-0.39, 0.29) is 12.1 Å². The lowest BCUT2D eigenvalue weighted by molar-refractivity contribution is -0.191. The standard InChI is InChI=1S/C17H16BrF3N2O/c1-16(2)9-23(22-15(16)24)14(17(19,20)21)11-4-3-10-5-6-13(18)8-12(10)7-11/h3-8,14H,9H2,1-2H3,(H,22,24). The number of hydrazine groups is 1. The molecule has 128 valence electrons. The van der Waals surface area contributed by atoms with Gasteiger partial charge in [-0.15, -0.1) is 0 Å². The highest BCUT2D eigenvalue weighted by molar-refractivity contribution is 9.10. The van der Waals surface area contributed by atoms with Crippen LogP contribution < -0.4 is 5.43 Å². The molecule has 0 aromatic heterocycles. The molecular weight excluding hydrogens is 385 g/mol. The molecule has 0 radical (unpaired) electrons. The molecule has 1 heterocycles. The zero-order valence-corrected chi connectivity index (χ0v) is 14.7. The fourth-order valence-corrected chi connectivity index (χ4v) is 3.31. The van der Waals surface area contributed by atoms with E-state index in [1.165, 1.54) is 12.1 Å². The van der Waals surface area contributed by atoms with E-state index in [2.05, 4.69) is 21.4 Å². The van der Waals surface area contributed by atoms with Crippen LogP contribution in [0.15, 0.2) is 40.9 Å². The van der Waals surface area contributed by atoms with Crippen molar-refractivity contribution < 1.29 is 18.0 Å². The number of rotatable bonds is 2. The van der Waals surface area contributed by atoms with E-state index >= 15 is 0 Å². The van der Waals surface area contributed by atoms with Gasteiger partial charge in [0, 0.05) is 11.0 Å². The summed E-state index contributed by atoms with van der Waals surface area (Å²) in [5.41, 5.74) is 1.62. The topological polar surface area (TPSA) is 32.3 Å². The third-order valence-corrected chi connectivity index (χ3v) is 4.68. The summed E-state index contributed by atoms with van der Waals surface area (Å²) in [6, 6.07) is 8.23. The number of halogens is 4. The van der Waals surface area contributed by atoms with Gasteiger partial charge in [-0.25, -0.2) is 5.01 Å². The van der Waals surface area contributed by atoms with Gasteiger partial charge in [-0.2, -0.15) is 13.2 Å². The van der Waals surface area contributed by atoms with E-state index < -0.39 is 23.5 Å². The maximum Gasteiger partial charge on any atom is 0.409 e. The van der Waals surface area contributed by atoms with Crippen LogP contribution in [-0.4, -0.2) is 23.6 Å². The number of fused-ring (bicyclic) bond motifs is 1. The summed E-state index contributed by atoms with van der Waals surface area (Å²) in [4.78, 5) is 11.9. The van der Waals surface area contributed by atoms with Crippen LogP contribution in [0.3, 0.4) is 0 Å². The van der Waals surface area contributed by atoms with Crippen LogP contribution in [0.1, 0.15) is 25.5 Å². The fraction of sp³-hybridized carbons (Fsp3) is 0.353. The minimum atomic E-state index is -4.51. The summed E-state index contributed by atoms with van der Waals surface area (Å²) < 4.78 is 41.9. The lowest BCUT2D eigenvalue weighted by Gasteiger charge is -2.30. The molecule has 7 heteroatoms. The summed E-state index contributed by atoms with van der Waals surface area (Å²) in [5.74, 6) is -0.403. The molecule has 0 bridgehead atoms. The van der Waals surface area contributed by atoms with Crippen molar-refractivity contribution >= 4 is 32.6 Å². The summed E-state index contributed by atoms with van der Waals surface area (Å²) >= 11 is 3.33. The minimum Gasteiger partial charge on any atom is -0.287 e. The second-order valence-corrected chi connectivity index (χ2v) is 7.56. The fourth-order valence-electron chi connectivity index (χ4n) is 2.93. The molecule has 1 aliphatic heterocycles. The zero-order valence-electron chi connectivity index (χ0n) is 13.1. The molecule has 1 aliphatic rings. The average Bonchev–Trinajstić information content (AvgIpc) is 2.70. The molecular formula is C17H16BrF3N2O. The van der Waals surface area contributed by atoms with Crippen LogP contribution in [0.5, 0.6) is 0 Å². The van der Waals surface area contributed by atoms with Gasteiger partial charge in [-0.1, -0.05) is 34.1 Å². The van der Waals surface area contributed by atoms with Crippen molar-refractivity contribution in [1.29, 1.82) is 0 Å². The lowest BCUT2D eigenvalue weighted by atomic mass is 9.93. The Morgan fingerprint density at radius 3 is 2.42 bits per heavy atom. The summed E-state index contributed by atoms with van der Waals surface area (Å²) in [7, 11) is 0. The maximum atomic E-state index is 13.7. The molecule has 3 nitrogen and oxygen atoms in total. The first-order chi connectivity index (χ1) is 11.1. The Kier molecular flexibility index (Phi) is 4.12. The van der Waals surface area contributed by atoms with Gasteiger partial charge in [0.05, 0.1) is 5.41 Å². The average molecular weight is 401 g/mol. The van der Waals surface area contributed by atoms with Gasteiger partial charge in [0.15, 0.2) is 0 Å². The second-order valence-electron chi connectivity index (χ2n) is 6.65. The first-order valence-corrected chi connectivity index (χ1v) is 8.21. The Balaban J connectivity index is 2.06. The number of amides is 1. The molecule has 2 aromatic rings. The van der Waals surface area contributed by atoms with E-state index in [4.69, 9.17) is 0 Å². The van der Waals surface area contributed by atoms with Gasteiger partial charge in [-0.3, -0.25) is 10.2 Å². The van der Waals surface area contributed by atoms with E-state index in [1.807, 2.05) is 12.1 Å². The van der Waals surface area contributed by atoms with Crippen LogP contribution in [0.25, 0.3) is 10.8 Å². The highest BCUT2D eigenvalue weighted by Crippen LogP contribution is 2.41. The number of nitrogens with zero attached hydrogens (tertiary/aromatic N) is 1. The van der Waals surface area contributed by atoms with E-state index in [0.29, 0.717) is 5.39 Å². The van der Waals surface area contributed by atoms with Crippen LogP contribution >= 0.6 is 15.9 Å². The van der Waals surface area contributed by atoms with Gasteiger partial charge in [0.2, 0.25) is 5.91 Å². The van der Waals surface area contributed by atoms with Gasteiger partial charge in [-0.05, 0) is 48.4 Å². The quantitative estimate of drug-likeness (QED) is 0.799. The Hall–Kier alpha value is -1.60.